The zero-order valence-electron chi connectivity index (χ0n) is 15.2. The molecule has 0 saturated carbocycles. The van der Waals surface area contributed by atoms with Crippen LogP contribution in [0.3, 0.4) is 0 Å². The fraction of sp³-hybridized carbons (Fsp3) is 0.100. The lowest BCUT2D eigenvalue weighted by molar-refractivity contribution is 0.102. The standard InChI is InChI=1S/C20H16ClN5O2/c1-12-8-17(18(28-2)10-15(12)21)25-19(27)16-6-7-23-20(26-16)24-14-5-3-4-13(9-14)11-22/h3-10H,1-2H3,(H,25,27)(H,23,24,26). The third kappa shape index (κ3) is 4.37. The van der Waals surface area contributed by atoms with Gasteiger partial charge in [-0.1, -0.05) is 17.7 Å². The quantitative estimate of drug-likeness (QED) is 0.669. The number of hydrogen-bond acceptors (Lipinski definition) is 6. The van der Waals surface area contributed by atoms with Gasteiger partial charge in [-0.15, -0.1) is 0 Å². The number of benzene rings is 2. The van der Waals surface area contributed by atoms with E-state index in [2.05, 4.69) is 26.7 Å². The molecule has 0 radical (unpaired) electrons. The van der Waals surface area contributed by atoms with E-state index >= 15 is 0 Å². The van der Waals surface area contributed by atoms with E-state index in [0.717, 1.165) is 5.56 Å². The predicted octanol–water partition coefficient (Wildman–Crippen LogP) is 4.31. The molecule has 1 aromatic heterocycles. The first-order valence-corrected chi connectivity index (χ1v) is 8.63. The van der Waals surface area contributed by atoms with Crippen LogP contribution in [0.1, 0.15) is 21.6 Å². The number of aryl methyl sites for hydroxylation is 1. The number of nitriles is 1. The first-order chi connectivity index (χ1) is 13.5. The SMILES string of the molecule is COc1cc(Cl)c(C)cc1NC(=O)c1ccnc(Nc2cccc(C#N)c2)n1. The smallest absolute Gasteiger partial charge is 0.274 e. The minimum Gasteiger partial charge on any atom is -0.495 e. The summed E-state index contributed by atoms with van der Waals surface area (Å²) >= 11 is 6.10. The van der Waals surface area contributed by atoms with E-state index in [1.165, 1.54) is 19.4 Å². The fourth-order valence-corrected chi connectivity index (χ4v) is 2.61. The Kier molecular flexibility index (Phi) is 5.72. The van der Waals surface area contributed by atoms with E-state index in [0.29, 0.717) is 27.7 Å². The van der Waals surface area contributed by atoms with E-state index in [4.69, 9.17) is 21.6 Å². The summed E-state index contributed by atoms with van der Waals surface area (Å²) in [5.41, 5.74) is 2.61. The molecule has 3 rings (SSSR count). The van der Waals surface area contributed by atoms with Gasteiger partial charge in [0.1, 0.15) is 11.4 Å². The average Bonchev–Trinajstić information content (AvgIpc) is 2.70. The van der Waals surface area contributed by atoms with Gasteiger partial charge < -0.3 is 15.4 Å². The molecule has 2 aromatic carbocycles. The van der Waals surface area contributed by atoms with E-state index < -0.39 is 5.91 Å². The van der Waals surface area contributed by atoms with Crippen LogP contribution in [-0.4, -0.2) is 23.0 Å². The van der Waals surface area contributed by atoms with Gasteiger partial charge in [-0.3, -0.25) is 4.79 Å². The Labute approximate surface area is 167 Å². The average molecular weight is 394 g/mol. The summed E-state index contributed by atoms with van der Waals surface area (Å²) in [4.78, 5) is 21.0. The largest absolute Gasteiger partial charge is 0.495 e. The van der Waals surface area contributed by atoms with Crippen LogP contribution in [-0.2, 0) is 0 Å². The first kappa shape index (κ1) is 19.1. The highest BCUT2D eigenvalue weighted by atomic mass is 35.5. The van der Waals surface area contributed by atoms with Crippen LogP contribution in [0.5, 0.6) is 5.75 Å². The number of hydrogen-bond donors (Lipinski definition) is 2. The second-order valence-corrected chi connectivity index (χ2v) is 6.25. The van der Waals surface area contributed by atoms with Gasteiger partial charge in [0.2, 0.25) is 5.95 Å². The molecule has 140 valence electrons. The van der Waals surface area contributed by atoms with Crippen molar-refractivity contribution in [3.63, 3.8) is 0 Å². The van der Waals surface area contributed by atoms with Crippen molar-refractivity contribution in [2.75, 3.05) is 17.7 Å². The number of nitrogens with zero attached hydrogens (tertiary/aromatic N) is 3. The molecule has 0 atom stereocenters. The minimum atomic E-state index is -0.420. The molecule has 0 bridgehead atoms. The van der Waals surface area contributed by atoms with Gasteiger partial charge in [-0.25, -0.2) is 9.97 Å². The van der Waals surface area contributed by atoms with Crippen LogP contribution in [0.4, 0.5) is 17.3 Å². The van der Waals surface area contributed by atoms with Crippen LogP contribution in [0, 0.1) is 18.3 Å². The predicted molar refractivity (Wildman–Crippen MR) is 107 cm³/mol. The molecule has 0 unspecified atom stereocenters. The van der Waals surface area contributed by atoms with Crippen molar-refractivity contribution < 1.29 is 9.53 Å². The topological polar surface area (TPSA) is 99.9 Å². The lowest BCUT2D eigenvalue weighted by atomic mass is 10.2. The molecule has 7 nitrogen and oxygen atoms in total. The Morgan fingerprint density at radius 3 is 2.82 bits per heavy atom. The third-order valence-electron chi connectivity index (χ3n) is 3.86. The van der Waals surface area contributed by atoms with E-state index in [-0.39, 0.29) is 11.6 Å². The highest BCUT2D eigenvalue weighted by Gasteiger charge is 2.14. The molecule has 8 heteroatoms. The Balaban J connectivity index is 1.81. The van der Waals surface area contributed by atoms with Crippen molar-refractivity contribution in [2.24, 2.45) is 0 Å². The number of ether oxygens (including phenoxy) is 1. The second-order valence-electron chi connectivity index (χ2n) is 5.84. The zero-order chi connectivity index (χ0) is 20.1. The first-order valence-electron chi connectivity index (χ1n) is 8.26. The number of carbonyl (C=O) groups is 1. The molecule has 0 aliphatic carbocycles. The Hall–Kier alpha value is -3.63. The Bertz CT molecular complexity index is 1080. The molecule has 3 aromatic rings. The fourth-order valence-electron chi connectivity index (χ4n) is 2.46. The van der Waals surface area contributed by atoms with Crippen molar-refractivity contribution in [1.29, 1.82) is 5.26 Å². The van der Waals surface area contributed by atoms with Crippen molar-refractivity contribution in [3.05, 3.63) is 70.5 Å². The van der Waals surface area contributed by atoms with Crippen LogP contribution in [0.15, 0.2) is 48.7 Å². The monoisotopic (exact) mass is 393 g/mol. The number of anilines is 3. The van der Waals surface area contributed by atoms with Crippen LogP contribution in [0.25, 0.3) is 0 Å². The molecule has 0 aliphatic heterocycles. The normalized spacial score (nSPS) is 10.1. The van der Waals surface area contributed by atoms with Gasteiger partial charge >= 0.3 is 0 Å². The van der Waals surface area contributed by atoms with Crippen molar-refractivity contribution >= 4 is 34.8 Å². The zero-order valence-corrected chi connectivity index (χ0v) is 15.9. The number of nitrogens with one attached hydrogen (secondary N) is 2. The van der Waals surface area contributed by atoms with Crippen molar-refractivity contribution in [2.45, 2.75) is 6.92 Å². The summed E-state index contributed by atoms with van der Waals surface area (Å²) in [5, 5.41) is 15.3. The second kappa shape index (κ2) is 8.37. The number of amides is 1. The molecule has 0 fully saturated rings. The van der Waals surface area contributed by atoms with Crippen molar-refractivity contribution in [3.8, 4) is 11.8 Å². The van der Waals surface area contributed by atoms with Gasteiger partial charge in [-0.2, -0.15) is 5.26 Å². The maximum atomic E-state index is 12.6. The van der Waals surface area contributed by atoms with Crippen molar-refractivity contribution in [1.82, 2.24) is 9.97 Å². The third-order valence-corrected chi connectivity index (χ3v) is 4.27. The molecular formula is C20H16ClN5O2. The number of halogens is 1. The van der Waals surface area contributed by atoms with Crippen LogP contribution in [0.2, 0.25) is 5.02 Å². The highest BCUT2D eigenvalue weighted by Crippen LogP contribution is 2.31. The van der Waals surface area contributed by atoms with E-state index in [1.54, 1.807) is 36.4 Å². The summed E-state index contributed by atoms with van der Waals surface area (Å²) in [6.07, 6.45) is 1.47. The highest BCUT2D eigenvalue weighted by molar-refractivity contribution is 6.31. The number of rotatable bonds is 5. The summed E-state index contributed by atoms with van der Waals surface area (Å²) in [6, 6.07) is 13.8. The summed E-state index contributed by atoms with van der Waals surface area (Å²) in [6.45, 7) is 1.83. The van der Waals surface area contributed by atoms with E-state index in [9.17, 15) is 4.79 Å². The molecule has 0 saturated heterocycles. The van der Waals surface area contributed by atoms with Gasteiger partial charge in [0, 0.05) is 23.0 Å². The number of methoxy groups -OCH3 is 1. The molecular weight excluding hydrogens is 378 g/mol. The molecule has 2 N–H and O–H groups in total. The Morgan fingerprint density at radius 1 is 1.25 bits per heavy atom. The van der Waals surface area contributed by atoms with Gasteiger partial charge in [0.15, 0.2) is 0 Å². The molecule has 0 spiro atoms. The van der Waals surface area contributed by atoms with Crippen LogP contribution < -0.4 is 15.4 Å². The molecule has 0 aliphatic rings. The number of carbonyl (C=O) groups excluding carboxylic acids is 1. The minimum absolute atomic E-state index is 0.170. The summed E-state index contributed by atoms with van der Waals surface area (Å²) in [7, 11) is 1.50. The molecule has 1 heterocycles. The Morgan fingerprint density at radius 2 is 2.07 bits per heavy atom. The lowest BCUT2D eigenvalue weighted by Gasteiger charge is -2.12. The maximum Gasteiger partial charge on any atom is 0.274 e. The lowest BCUT2D eigenvalue weighted by Crippen LogP contribution is -2.15. The van der Waals surface area contributed by atoms with Gasteiger partial charge in [0.05, 0.1) is 24.4 Å². The van der Waals surface area contributed by atoms with E-state index in [1.807, 2.05) is 6.92 Å². The number of aromatic nitrogens is 2. The van der Waals surface area contributed by atoms with Gasteiger partial charge in [-0.05, 0) is 42.8 Å². The summed E-state index contributed by atoms with van der Waals surface area (Å²) < 4.78 is 5.27. The molecule has 28 heavy (non-hydrogen) atoms. The van der Waals surface area contributed by atoms with Gasteiger partial charge in [0.25, 0.3) is 5.91 Å². The molecule has 1 amide bonds. The van der Waals surface area contributed by atoms with Crippen LogP contribution >= 0.6 is 11.6 Å². The summed E-state index contributed by atoms with van der Waals surface area (Å²) in [5.74, 6) is 0.267. The maximum absolute atomic E-state index is 12.6.